The van der Waals surface area contributed by atoms with Crippen molar-refractivity contribution in [3.63, 3.8) is 0 Å². The van der Waals surface area contributed by atoms with E-state index < -0.39 is 6.43 Å². The first-order valence-corrected chi connectivity index (χ1v) is 7.74. The summed E-state index contributed by atoms with van der Waals surface area (Å²) in [7, 11) is 0. The number of aromatic nitrogens is 4. The van der Waals surface area contributed by atoms with Crippen LogP contribution in [0.25, 0.3) is 33.4 Å². The van der Waals surface area contributed by atoms with Gasteiger partial charge < -0.3 is 4.98 Å². The van der Waals surface area contributed by atoms with E-state index in [-0.39, 0.29) is 16.7 Å². The van der Waals surface area contributed by atoms with Gasteiger partial charge >= 0.3 is 0 Å². The number of H-pyrrole nitrogens is 1. The highest BCUT2D eigenvalue weighted by Gasteiger charge is 2.22. The van der Waals surface area contributed by atoms with Crippen LogP contribution in [-0.2, 0) is 0 Å². The molecular formula is C19H11F2N5. The molecule has 0 saturated heterocycles. The van der Waals surface area contributed by atoms with Crippen molar-refractivity contribution < 1.29 is 8.78 Å². The van der Waals surface area contributed by atoms with Gasteiger partial charge in [-0.05, 0) is 29.8 Å². The van der Waals surface area contributed by atoms with Gasteiger partial charge in [-0.2, -0.15) is 5.26 Å². The zero-order chi connectivity index (χ0) is 18.1. The van der Waals surface area contributed by atoms with Gasteiger partial charge in [0.05, 0.1) is 34.7 Å². The SMILES string of the molecule is N#Cc1ccc(C(F)F)c(-c2ccc3nc[nH]c3c2)c1-c1ccncn1. The minimum Gasteiger partial charge on any atom is -0.345 e. The Hall–Kier alpha value is -3.66. The van der Waals surface area contributed by atoms with Crippen LogP contribution >= 0.6 is 0 Å². The van der Waals surface area contributed by atoms with Gasteiger partial charge in [-0.25, -0.2) is 23.7 Å². The van der Waals surface area contributed by atoms with E-state index >= 15 is 0 Å². The lowest BCUT2D eigenvalue weighted by Gasteiger charge is -2.16. The number of alkyl halides is 2. The number of rotatable bonds is 3. The Labute approximate surface area is 147 Å². The highest BCUT2D eigenvalue weighted by atomic mass is 19.3. The predicted octanol–water partition coefficient (Wildman–Crippen LogP) is 4.50. The van der Waals surface area contributed by atoms with Crippen molar-refractivity contribution in [2.45, 2.75) is 6.43 Å². The maximum absolute atomic E-state index is 13.8. The minimum absolute atomic E-state index is 0.156. The largest absolute Gasteiger partial charge is 0.345 e. The van der Waals surface area contributed by atoms with Crippen LogP contribution in [0.2, 0.25) is 0 Å². The molecule has 0 aliphatic heterocycles. The summed E-state index contributed by atoms with van der Waals surface area (Å²) in [5.41, 5.74) is 3.19. The smallest absolute Gasteiger partial charge is 0.264 e. The third-order valence-corrected chi connectivity index (χ3v) is 4.14. The summed E-state index contributed by atoms with van der Waals surface area (Å²) in [6.07, 6.45) is 1.68. The first-order chi connectivity index (χ1) is 12.7. The molecule has 0 spiro atoms. The molecule has 0 radical (unpaired) electrons. The summed E-state index contributed by atoms with van der Waals surface area (Å²) in [6, 6.07) is 11.6. The van der Waals surface area contributed by atoms with Gasteiger partial charge in [-0.3, -0.25) is 0 Å². The molecule has 4 aromatic rings. The normalized spacial score (nSPS) is 11.0. The van der Waals surface area contributed by atoms with Crippen LogP contribution in [0.5, 0.6) is 0 Å². The van der Waals surface area contributed by atoms with E-state index in [1.165, 1.54) is 24.7 Å². The van der Waals surface area contributed by atoms with E-state index in [2.05, 4.69) is 26.0 Å². The van der Waals surface area contributed by atoms with Crippen molar-refractivity contribution in [1.82, 2.24) is 19.9 Å². The van der Waals surface area contributed by atoms with Crippen molar-refractivity contribution in [1.29, 1.82) is 5.26 Å². The van der Waals surface area contributed by atoms with Crippen LogP contribution in [0.3, 0.4) is 0 Å². The van der Waals surface area contributed by atoms with E-state index in [9.17, 15) is 14.0 Å². The fraction of sp³-hybridized carbons (Fsp3) is 0.0526. The molecule has 0 aliphatic carbocycles. The summed E-state index contributed by atoms with van der Waals surface area (Å²) in [4.78, 5) is 15.2. The quantitative estimate of drug-likeness (QED) is 0.592. The second-order valence-corrected chi connectivity index (χ2v) is 5.59. The van der Waals surface area contributed by atoms with Crippen molar-refractivity contribution in [3.05, 3.63) is 66.4 Å². The molecule has 5 nitrogen and oxygen atoms in total. The Morgan fingerprint density at radius 1 is 1.04 bits per heavy atom. The molecule has 0 aliphatic rings. The predicted molar refractivity (Wildman–Crippen MR) is 92.2 cm³/mol. The number of nitrogens with zero attached hydrogens (tertiary/aromatic N) is 4. The Morgan fingerprint density at radius 3 is 2.65 bits per heavy atom. The van der Waals surface area contributed by atoms with Crippen LogP contribution in [0, 0.1) is 11.3 Å². The Kier molecular flexibility index (Phi) is 3.86. The second kappa shape index (κ2) is 6.33. The molecule has 126 valence electrons. The number of imidazole rings is 1. The number of aromatic amines is 1. The van der Waals surface area contributed by atoms with Crippen LogP contribution in [-0.4, -0.2) is 19.9 Å². The van der Waals surface area contributed by atoms with Crippen molar-refractivity contribution >= 4 is 11.0 Å². The average Bonchev–Trinajstić information content (AvgIpc) is 3.15. The maximum atomic E-state index is 13.8. The first kappa shape index (κ1) is 15.8. The standard InChI is InChI=1S/C19H11F2N5/c20-19(21)13-3-1-12(8-22)18(15-5-6-23-9-24-15)17(13)11-2-4-14-16(7-11)26-10-25-14/h1-7,9-10,19H,(H,25,26). The fourth-order valence-corrected chi connectivity index (χ4v) is 3.00. The van der Waals surface area contributed by atoms with E-state index in [0.29, 0.717) is 16.8 Å². The Balaban J connectivity index is 2.09. The number of hydrogen-bond donors (Lipinski definition) is 1. The number of nitriles is 1. The van der Waals surface area contributed by atoms with E-state index in [1.807, 2.05) is 0 Å². The zero-order valence-electron chi connectivity index (χ0n) is 13.3. The third kappa shape index (κ3) is 2.58. The lowest BCUT2D eigenvalue weighted by molar-refractivity contribution is 0.152. The number of nitrogens with one attached hydrogen (secondary N) is 1. The molecule has 26 heavy (non-hydrogen) atoms. The maximum Gasteiger partial charge on any atom is 0.264 e. The Morgan fingerprint density at radius 2 is 1.92 bits per heavy atom. The summed E-state index contributed by atoms with van der Waals surface area (Å²) >= 11 is 0. The van der Waals surface area contributed by atoms with Gasteiger partial charge in [-0.15, -0.1) is 0 Å². The van der Waals surface area contributed by atoms with Crippen LogP contribution in [0.1, 0.15) is 17.6 Å². The van der Waals surface area contributed by atoms with Crippen LogP contribution < -0.4 is 0 Å². The lowest BCUT2D eigenvalue weighted by atomic mass is 9.89. The summed E-state index contributed by atoms with van der Waals surface area (Å²) in [5, 5.41) is 9.52. The monoisotopic (exact) mass is 347 g/mol. The fourth-order valence-electron chi connectivity index (χ4n) is 3.00. The molecule has 2 aromatic heterocycles. The average molecular weight is 347 g/mol. The van der Waals surface area contributed by atoms with Gasteiger partial charge in [-0.1, -0.05) is 12.1 Å². The third-order valence-electron chi connectivity index (χ3n) is 4.14. The van der Waals surface area contributed by atoms with Crippen molar-refractivity contribution in [2.24, 2.45) is 0 Å². The molecule has 2 aromatic carbocycles. The second-order valence-electron chi connectivity index (χ2n) is 5.59. The van der Waals surface area contributed by atoms with Gasteiger partial charge in [0.2, 0.25) is 0 Å². The highest BCUT2D eigenvalue weighted by Crippen LogP contribution is 2.41. The molecule has 0 amide bonds. The number of benzene rings is 2. The molecule has 0 saturated carbocycles. The Bertz CT molecular complexity index is 1130. The molecule has 7 heteroatoms. The van der Waals surface area contributed by atoms with E-state index in [4.69, 9.17) is 0 Å². The molecular weight excluding hydrogens is 336 g/mol. The van der Waals surface area contributed by atoms with E-state index in [1.54, 1.807) is 30.6 Å². The highest BCUT2D eigenvalue weighted by molar-refractivity contribution is 5.91. The van der Waals surface area contributed by atoms with Crippen molar-refractivity contribution in [2.75, 3.05) is 0 Å². The van der Waals surface area contributed by atoms with E-state index in [0.717, 1.165) is 11.0 Å². The van der Waals surface area contributed by atoms with Crippen LogP contribution in [0.15, 0.2) is 55.2 Å². The van der Waals surface area contributed by atoms with Crippen LogP contribution in [0.4, 0.5) is 8.78 Å². The minimum atomic E-state index is -2.70. The van der Waals surface area contributed by atoms with Gasteiger partial charge in [0.25, 0.3) is 6.43 Å². The summed E-state index contributed by atoms with van der Waals surface area (Å²) in [5.74, 6) is 0. The molecule has 4 rings (SSSR count). The summed E-state index contributed by atoms with van der Waals surface area (Å²) in [6.45, 7) is 0. The molecule has 0 bridgehead atoms. The molecule has 0 fully saturated rings. The topological polar surface area (TPSA) is 78.2 Å². The molecule has 0 unspecified atom stereocenters. The molecule has 0 atom stereocenters. The lowest BCUT2D eigenvalue weighted by Crippen LogP contribution is -1.99. The molecule has 1 N–H and O–H groups in total. The van der Waals surface area contributed by atoms with Gasteiger partial charge in [0, 0.05) is 22.9 Å². The zero-order valence-corrected chi connectivity index (χ0v) is 13.3. The van der Waals surface area contributed by atoms with Gasteiger partial charge in [0.15, 0.2) is 0 Å². The summed E-state index contributed by atoms with van der Waals surface area (Å²) < 4.78 is 27.5. The van der Waals surface area contributed by atoms with Gasteiger partial charge in [0.1, 0.15) is 6.33 Å². The number of fused-ring (bicyclic) bond motifs is 1. The first-order valence-electron chi connectivity index (χ1n) is 7.74. The number of hydrogen-bond acceptors (Lipinski definition) is 4. The molecule has 2 heterocycles. The number of halogens is 2. The van der Waals surface area contributed by atoms with Crippen molar-refractivity contribution in [3.8, 4) is 28.5 Å².